The Morgan fingerprint density at radius 3 is 2.69 bits per heavy atom. The molecule has 2 aromatic heterocycles. The zero-order valence-corrected chi connectivity index (χ0v) is 14.9. The van der Waals surface area contributed by atoms with Crippen LogP contribution in [0.15, 0.2) is 53.1 Å². The number of nitrogens with zero attached hydrogens (tertiary/aromatic N) is 3. The maximum Gasteiger partial charge on any atom is 0.359 e. The monoisotopic (exact) mass is 373 g/mol. The number of rotatable bonds is 5. The standard InChI is InChI=1S/C18H16ClN3O4/c1-21(2)17(23)11-26-18(24)14-10-15(16-7-4-8-25-16)22(20-14)13-6-3-5-12(19)9-13/h3-10H,11H2,1-2H3. The summed E-state index contributed by atoms with van der Waals surface area (Å²) < 4.78 is 12.0. The van der Waals surface area contributed by atoms with Gasteiger partial charge >= 0.3 is 5.97 Å². The Kier molecular flexibility index (Phi) is 5.09. The highest BCUT2D eigenvalue weighted by Gasteiger charge is 2.20. The Hall–Kier alpha value is -3.06. The molecule has 8 heteroatoms. The molecule has 0 N–H and O–H groups in total. The van der Waals surface area contributed by atoms with E-state index in [1.165, 1.54) is 15.8 Å². The van der Waals surface area contributed by atoms with Crippen LogP contribution in [0.1, 0.15) is 10.5 Å². The molecule has 0 fully saturated rings. The Labute approximate surface area is 154 Å². The van der Waals surface area contributed by atoms with Crippen molar-refractivity contribution < 1.29 is 18.7 Å². The number of halogens is 1. The molecule has 0 saturated heterocycles. The van der Waals surface area contributed by atoms with Gasteiger partial charge in [-0.05, 0) is 30.3 Å². The predicted molar refractivity (Wildman–Crippen MR) is 95.3 cm³/mol. The van der Waals surface area contributed by atoms with Gasteiger partial charge in [0.2, 0.25) is 0 Å². The van der Waals surface area contributed by atoms with E-state index >= 15 is 0 Å². The third-order valence-corrected chi connectivity index (χ3v) is 3.81. The van der Waals surface area contributed by atoms with E-state index in [0.717, 1.165) is 0 Å². The van der Waals surface area contributed by atoms with Gasteiger partial charge in [-0.3, -0.25) is 4.79 Å². The zero-order chi connectivity index (χ0) is 18.7. The second-order valence-electron chi connectivity index (χ2n) is 5.65. The molecule has 2 heterocycles. The summed E-state index contributed by atoms with van der Waals surface area (Å²) in [6, 6.07) is 12.1. The highest BCUT2D eigenvalue weighted by atomic mass is 35.5. The van der Waals surface area contributed by atoms with Gasteiger partial charge in [0.15, 0.2) is 18.1 Å². The van der Waals surface area contributed by atoms with Crippen LogP contribution in [-0.4, -0.2) is 47.3 Å². The van der Waals surface area contributed by atoms with Gasteiger partial charge in [-0.25, -0.2) is 9.48 Å². The van der Waals surface area contributed by atoms with Crippen LogP contribution < -0.4 is 0 Å². The first-order chi connectivity index (χ1) is 12.5. The van der Waals surface area contributed by atoms with Crippen LogP contribution in [0.5, 0.6) is 0 Å². The summed E-state index contributed by atoms with van der Waals surface area (Å²) in [5.41, 5.74) is 1.28. The number of benzene rings is 1. The van der Waals surface area contributed by atoms with Crippen molar-refractivity contribution in [2.75, 3.05) is 20.7 Å². The number of aromatic nitrogens is 2. The van der Waals surface area contributed by atoms with Crippen LogP contribution in [0, 0.1) is 0 Å². The molecular weight excluding hydrogens is 358 g/mol. The topological polar surface area (TPSA) is 77.6 Å². The molecule has 0 aliphatic rings. The van der Waals surface area contributed by atoms with E-state index in [1.54, 1.807) is 56.6 Å². The maximum absolute atomic E-state index is 12.3. The predicted octanol–water partition coefficient (Wildman–Crippen LogP) is 3.03. The van der Waals surface area contributed by atoms with Gasteiger partial charge in [-0.15, -0.1) is 0 Å². The fourth-order valence-electron chi connectivity index (χ4n) is 2.22. The van der Waals surface area contributed by atoms with E-state index in [0.29, 0.717) is 22.2 Å². The highest BCUT2D eigenvalue weighted by Crippen LogP contribution is 2.26. The number of furan rings is 1. The van der Waals surface area contributed by atoms with E-state index in [9.17, 15) is 9.59 Å². The lowest BCUT2D eigenvalue weighted by molar-refractivity contribution is -0.131. The second kappa shape index (κ2) is 7.45. The molecule has 3 rings (SSSR count). The molecule has 0 bridgehead atoms. The molecule has 0 saturated carbocycles. The maximum atomic E-state index is 12.3. The molecule has 0 spiro atoms. The summed E-state index contributed by atoms with van der Waals surface area (Å²) in [7, 11) is 3.16. The van der Waals surface area contributed by atoms with Crippen LogP contribution in [0.2, 0.25) is 5.02 Å². The Morgan fingerprint density at radius 1 is 1.23 bits per heavy atom. The number of hydrogen-bond donors (Lipinski definition) is 0. The van der Waals surface area contributed by atoms with Crippen molar-refractivity contribution >= 4 is 23.5 Å². The van der Waals surface area contributed by atoms with E-state index < -0.39 is 5.97 Å². The van der Waals surface area contributed by atoms with Gasteiger partial charge in [0.05, 0.1) is 12.0 Å². The molecule has 134 valence electrons. The van der Waals surface area contributed by atoms with E-state index in [-0.39, 0.29) is 18.2 Å². The smallest absolute Gasteiger partial charge is 0.359 e. The lowest BCUT2D eigenvalue weighted by Crippen LogP contribution is -2.27. The summed E-state index contributed by atoms with van der Waals surface area (Å²) in [6.45, 7) is -0.355. The first kappa shape index (κ1) is 17.8. The van der Waals surface area contributed by atoms with Crippen LogP contribution in [0.25, 0.3) is 17.1 Å². The van der Waals surface area contributed by atoms with Crippen molar-refractivity contribution in [3.05, 3.63) is 59.4 Å². The van der Waals surface area contributed by atoms with Crippen LogP contribution in [0.4, 0.5) is 0 Å². The molecule has 0 unspecified atom stereocenters. The molecule has 1 amide bonds. The number of amides is 1. The minimum atomic E-state index is -0.700. The minimum absolute atomic E-state index is 0.0583. The fraction of sp³-hybridized carbons (Fsp3) is 0.167. The van der Waals surface area contributed by atoms with Gasteiger partial charge in [-0.2, -0.15) is 5.10 Å². The SMILES string of the molecule is CN(C)C(=O)COC(=O)c1cc(-c2ccco2)n(-c2cccc(Cl)c2)n1. The van der Waals surface area contributed by atoms with Crippen molar-refractivity contribution in [1.29, 1.82) is 0 Å². The van der Waals surface area contributed by atoms with Crippen molar-refractivity contribution in [3.63, 3.8) is 0 Å². The largest absolute Gasteiger partial charge is 0.463 e. The van der Waals surface area contributed by atoms with Crippen LogP contribution >= 0.6 is 11.6 Å². The molecule has 3 aromatic rings. The third-order valence-electron chi connectivity index (χ3n) is 3.57. The molecule has 26 heavy (non-hydrogen) atoms. The van der Waals surface area contributed by atoms with Gasteiger partial charge in [-0.1, -0.05) is 17.7 Å². The Balaban J connectivity index is 1.94. The number of likely N-dealkylation sites (N-methyl/N-ethyl adjacent to an activating group) is 1. The average Bonchev–Trinajstić information content (AvgIpc) is 3.28. The summed E-state index contributed by atoms with van der Waals surface area (Å²) in [6.07, 6.45) is 1.53. The Bertz CT molecular complexity index is 932. The van der Waals surface area contributed by atoms with Crippen LogP contribution in [0.3, 0.4) is 0 Å². The minimum Gasteiger partial charge on any atom is -0.463 e. The first-order valence-electron chi connectivity index (χ1n) is 7.73. The lowest BCUT2D eigenvalue weighted by Gasteiger charge is -2.09. The third kappa shape index (κ3) is 3.78. The van der Waals surface area contributed by atoms with Crippen molar-refractivity contribution in [2.24, 2.45) is 0 Å². The molecule has 0 aliphatic heterocycles. The molecule has 0 aliphatic carbocycles. The number of carbonyl (C=O) groups is 2. The molecule has 0 radical (unpaired) electrons. The Morgan fingerprint density at radius 2 is 2.04 bits per heavy atom. The lowest BCUT2D eigenvalue weighted by atomic mass is 10.2. The fourth-order valence-corrected chi connectivity index (χ4v) is 2.40. The summed E-state index contributed by atoms with van der Waals surface area (Å²) in [5, 5.41) is 4.83. The van der Waals surface area contributed by atoms with Gasteiger partial charge < -0.3 is 14.1 Å². The summed E-state index contributed by atoms with van der Waals surface area (Å²) in [4.78, 5) is 25.2. The molecular formula is C18H16ClN3O4. The quantitative estimate of drug-likeness (QED) is 0.642. The van der Waals surface area contributed by atoms with Gasteiger partial charge in [0.1, 0.15) is 5.69 Å². The van der Waals surface area contributed by atoms with Crippen molar-refractivity contribution in [3.8, 4) is 17.1 Å². The summed E-state index contributed by atoms with van der Waals surface area (Å²) in [5.74, 6) is -0.492. The molecule has 0 atom stereocenters. The van der Waals surface area contributed by atoms with Crippen molar-refractivity contribution in [2.45, 2.75) is 0 Å². The number of carbonyl (C=O) groups excluding carboxylic acids is 2. The highest BCUT2D eigenvalue weighted by molar-refractivity contribution is 6.30. The zero-order valence-electron chi connectivity index (χ0n) is 14.2. The number of ether oxygens (including phenoxy) is 1. The van der Waals surface area contributed by atoms with E-state index in [2.05, 4.69) is 5.10 Å². The average molecular weight is 374 g/mol. The first-order valence-corrected chi connectivity index (χ1v) is 8.10. The number of hydrogen-bond acceptors (Lipinski definition) is 5. The van der Waals surface area contributed by atoms with Crippen LogP contribution in [-0.2, 0) is 9.53 Å². The van der Waals surface area contributed by atoms with Crippen molar-refractivity contribution in [1.82, 2.24) is 14.7 Å². The van der Waals surface area contributed by atoms with Gasteiger partial charge in [0, 0.05) is 25.2 Å². The van der Waals surface area contributed by atoms with E-state index in [4.69, 9.17) is 20.8 Å². The molecule has 7 nitrogen and oxygen atoms in total. The normalized spacial score (nSPS) is 10.6. The van der Waals surface area contributed by atoms with E-state index in [1.807, 2.05) is 0 Å². The second-order valence-corrected chi connectivity index (χ2v) is 6.08. The summed E-state index contributed by atoms with van der Waals surface area (Å²) >= 11 is 6.06. The van der Waals surface area contributed by atoms with Gasteiger partial charge in [0.25, 0.3) is 5.91 Å². The molecule has 1 aromatic carbocycles. The number of esters is 1.